The minimum Gasteiger partial charge on any atom is -0.310 e. The molecule has 0 saturated heterocycles. The number of halogens is 1. The summed E-state index contributed by atoms with van der Waals surface area (Å²) in [4.78, 5) is 20.8. The fourth-order valence-corrected chi connectivity index (χ4v) is 3.15. The third kappa shape index (κ3) is 4.05. The van der Waals surface area contributed by atoms with Gasteiger partial charge >= 0.3 is 0 Å². The third-order valence-corrected chi connectivity index (χ3v) is 5.02. The molecule has 5 nitrogen and oxygen atoms in total. The van der Waals surface area contributed by atoms with Gasteiger partial charge in [0.25, 0.3) is 0 Å². The van der Waals surface area contributed by atoms with Crippen LogP contribution in [0.4, 0.5) is 5.82 Å². The molecule has 0 aliphatic carbocycles. The van der Waals surface area contributed by atoms with Crippen LogP contribution in [0.1, 0.15) is 29.3 Å². The second-order valence-corrected chi connectivity index (χ2v) is 7.12. The van der Waals surface area contributed by atoms with Crippen molar-refractivity contribution in [3.63, 3.8) is 0 Å². The smallest absolute Gasteiger partial charge is 0.238 e. The summed E-state index contributed by atoms with van der Waals surface area (Å²) in [6.07, 6.45) is 1.47. The van der Waals surface area contributed by atoms with Gasteiger partial charge in [0.15, 0.2) is 0 Å². The van der Waals surface area contributed by atoms with Crippen LogP contribution in [-0.4, -0.2) is 21.1 Å². The van der Waals surface area contributed by atoms with Crippen LogP contribution in [0.5, 0.6) is 0 Å². The zero-order valence-corrected chi connectivity index (χ0v) is 15.4. The summed E-state index contributed by atoms with van der Waals surface area (Å²) >= 11 is 7.04. The number of anilines is 1. The predicted molar refractivity (Wildman–Crippen MR) is 96.4 cm³/mol. The van der Waals surface area contributed by atoms with Crippen molar-refractivity contribution in [2.45, 2.75) is 38.0 Å². The predicted octanol–water partition coefficient (Wildman–Crippen LogP) is 4.05. The molecule has 0 spiro atoms. The van der Waals surface area contributed by atoms with E-state index in [1.54, 1.807) is 19.1 Å². The third-order valence-electron chi connectivity index (χ3n) is 3.71. The summed E-state index contributed by atoms with van der Waals surface area (Å²) in [5.41, 5.74) is 3.28. The van der Waals surface area contributed by atoms with Crippen molar-refractivity contribution in [3.05, 3.63) is 45.7 Å². The van der Waals surface area contributed by atoms with Crippen LogP contribution in [0.15, 0.2) is 23.4 Å². The minimum atomic E-state index is -0.427. The van der Waals surface area contributed by atoms with Gasteiger partial charge in [-0.1, -0.05) is 23.4 Å². The van der Waals surface area contributed by atoms with Crippen molar-refractivity contribution in [3.8, 4) is 6.07 Å². The highest BCUT2D eigenvalue weighted by Crippen LogP contribution is 2.29. The summed E-state index contributed by atoms with van der Waals surface area (Å²) in [6.45, 7) is 7.50. The van der Waals surface area contributed by atoms with Gasteiger partial charge in [-0.25, -0.2) is 9.97 Å². The number of nitriles is 1. The molecule has 1 N–H and O–H groups in total. The molecular formula is C17H17ClN4OS. The zero-order chi connectivity index (χ0) is 17.9. The summed E-state index contributed by atoms with van der Waals surface area (Å²) in [6, 6.07) is 5.48. The first-order chi connectivity index (χ1) is 11.3. The largest absolute Gasteiger partial charge is 0.310 e. The molecule has 0 bridgehead atoms. The van der Waals surface area contributed by atoms with Crippen molar-refractivity contribution in [1.82, 2.24) is 9.97 Å². The molecule has 0 fully saturated rings. The summed E-state index contributed by atoms with van der Waals surface area (Å²) in [5.74, 6) is 0.220. The topological polar surface area (TPSA) is 78.7 Å². The molecule has 24 heavy (non-hydrogen) atoms. The van der Waals surface area contributed by atoms with E-state index >= 15 is 0 Å². The maximum atomic E-state index is 12.3. The average Bonchev–Trinajstić information content (AvgIpc) is 2.55. The summed E-state index contributed by atoms with van der Waals surface area (Å²) in [7, 11) is 0. The summed E-state index contributed by atoms with van der Waals surface area (Å²) in [5, 5.41) is 12.8. The van der Waals surface area contributed by atoms with Gasteiger partial charge in [-0.05, 0) is 51.0 Å². The van der Waals surface area contributed by atoms with Gasteiger partial charge in [0.05, 0.1) is 15.8 Å². The Morgan fingerprint density at radius 3 is 2.62 bits per heavy atom. The molecule has 2 aromatic heterocycles. The number of nitrogens with one attached hydrogen (secondary N) is 1. The number of rotatable bonds is 4. The lowest BCUT2D eigenvalue weighted by molar-refractivity contribution is -0.115. The normalized spacial score (nSPS) is 11.7. The number of hydrogen-bond donors (Lipinski definition) is 1. The number of nitrogens with zero attached hydrogens (tertiary/aromatic N) is 3. The monoisotopic (exact) mass is 360 g/mol. The van der Waals surface area contributed by atoms with E-state index in [4.69, 9.17) is 11.6 Å². The molecule has 7 heteroatoms. The Kier molecular flexibility index (Phi) is 5.81. The quantitative estimate of drug-likeness (QED) is 0.832. The molecule has 0 unspecified atom stereocenters. The fraction of sp³-hybridized carbons (Fsp3) is 0.294. The van der Waals surface area contributed by atoms with Gasteiger partial charge in [-0.2, -0.15) is 5.26 Å². The van der Waals surface area contributed by atoms with Crippen molar-refractivity contribution in [1.29, 1.82) is 5.26 Å². The lowest BCUT2D eigenvalue weighted by Crippen LogP contribution is -2.23. The first-order valence-corrected chi connectivity index (χ1v) is 8.56. The number of carbonyl (C=O) groups is 1. The van der Waals surface area contributed by atoms with E-state index in [9.17, 15) is 10.1 Å². The highest BCUT2D eigenvalue weighted by atomic mass is 35.5. The van der Waals surface area contributed by atoms with Crippen molar-refractivity contribution < 1.29 is 4.79 Å². The van der Waals surface area contributed by atoms with Gasteiger partial charge in [0.1, 0.15) is 16.9 Å². The molecule has 2 heterocycles. The Balaban J connectivity index is 2.17. The Morgan fingerprint density at radius 2 is 2.04 bits per heavy atom. The maximum absolute atomic E-state index is 12.3. The van der Waals surface area contributed by atoms with Crippen LogP contribution in [0.25, 0.3) is 0 Å². The molecule has 1 atom stereocenters. The number of aryl methyl sites for hydroxylation is 1. The Morgan fingerprint density at radius 1 is 1.33 bits per heavy atom. The van der Waals surface area contributed by atoms with Crippen molar-refractivity contribution in [2.24, 2.45) is 0 Å². The molecule has 0 radical (unpaired) electrons. The second-order valence-electron chi connectivity index (χ2n) is 5.35. The Labute approximate surface area is 150 Å². The van der Waals surface area contributed by atoms with Crippen LogP contribution in [-0.2, 0) is 4.79 Å². The van der Waals surface area contributed by atoms with Gasteiger partial charge in [0.2, 0.25) is 5.91 Å². The first kappa shape index (κ1) is 18.2. The lowest BCUT2D eigenvalue weighted by Gasteiger charge is -2.15. The van der Waals surface area contributed by atoms with Gasteiger partial charge in [-0.15, -0.1) is 0 Å². The molecule has 1 amide bonds. The SMILES string of the molecule is Cc1nc(S[C@@H](C)C(=O)Nc2ccc(Cl)cn2)c(C#N)c(C)c1C. The van der Waals surface area contributed by atoms with E-state index in [1.807, 2.05) is 20.8 Å². The number of pyridine rings is 2. The van der Waals surface area contributed by atoms with Crippen LogP contribution >= 0.6 is 23.4 Å². The van der Waals surface area contributed by atoms with Crippen LogP contribution in [0.3, 0.4) is 0 Å². The van der Waals surface area contributed by atoms with Gasteiger partial charge < -0.3 is 5.32 Å². The molecule has 0 saturated carbocycles. The van der Waals surface area contributed by atoms with Crippen LogP contribution < -0.4 is 5.32 Å². The van der Waals surface area contributed by atoms with Crippen molar-refractivity contribution >= 4 is 35.1 Å². The highest BCUT2D eigenvalue weighted by Gasteiger charge is 2.20. The van der Waals surface area contributed by atoms with E-state index in [0.29, 0.717) is 21.4 Å². The first-order valence-electron chi connectivity index (χ1n) is 7.30. The van der Waals surface area contributed by atoms with Gasteiger partial charge in [0, 0.05) is 11.9 Å². The second kappa shape index (κ2) is 7.65. The molecule has 2 aromatic rings. The van der Waals surface area contributed by atoms with Crippen LogP contribution in [0.2, 0.25) is 5.02 Å². The number of aromatic nitrogens is 2. The summed E-state index contributed by atoms with van der Waals surface area (Å²) < 4.78 is 0. The number of carbonyl (C=O) groups excluding carboxylic acids is 1. The molecular weight excluding hydrogens is 344 g/mol. The van der Waals surface area contributed by atoms with Crippen molar-refractivity contribution in [2.75, 3.05) is 5.32 Å². The van der Waals surface area contributed by atoms with E-state index in [1.165, 1.54) is 18.0 Å². The molecule has 0 aliphatic heterocycles. The molecule has 2 rings (SSSR count). The number of thioether (sulfide) groups is 1. The molecule has 0 aliphatic rings. The highest BCUT2D eigenvalue weighted by molar-refractivity contribution is 8.00. The maximum Gasteiger partial charge on any atom is 0.238 e. The van der Waals surface area contributed by atoms with E-state index < -0.39 is 5.25 Å². The zero-order valence-electron chi connectivity index (χ0n) is 13.8. The van der Waals surface area contributed by atoms with E-state index in [-0.39, 0.29) is 5.91 Å². The average molecular weight is 361 g/mol. The molecule has 124 valence electrons. The Hall–Kier alpha value is -2.10. The van der Waals surface area contributed by atoms with Crippen LogP contribution in [0, 0.1) is 32.1 Å². The Bertz CT molecular complexity index is 815. The lowest BCUT2D eigenvalue weighted by atomic mass is 10.1. The fourth-order valence-electron chi connectivity index (χ4n) is 2.03. The standard InChI is InChI=1S/C17H17ClN4OS/c1-9-10(2)14(7-19)17(21-11(9)3)24-12(4)16(23)22-15-6-5-13(18)8-20-15/h5-6,8,12H,1-4H3,(H,20,22,23)/t12-/m0/s1. The van der Waals surface area contributed by atoms with Gasteiger partial charge in [-0.3, -0.25) is 4.79 Å². The number of hydrogen-bond acceptors (Lipinski definition) is 5. The minimum absolute atomic E-state index is 0.212. The van der Waals surface area contributed by atoms with E-state index in [0.717, 1.165) is 16.8 Å². The number of amides is 1. The van der Waals surface area contributed by atoms with E-state index in [2.05, 4.69) is 21.4 Å². The molecule has 0 aromatic carbocycles.